The topological polar surface area (TPSA) is 61.4 Å². The number of thioether (sulfide) groups is 1. The number of hydrogen-bond acceptors (Lipinski definition) is 4. The van der Waals surface area contributed by atoms with E-state index in [1.54, 1.807) is 18.2 Å². The van der Waals surface area contributed by atoms with Gasteiger partial charge in [-0.05, 0) is 54.0 Å². The summed E-state index contributed by atoms with van der Waals surface area (Å²) in [7, 11) is 0. The lowest BCUT2D eigenvalue weighted by Gasteiger charge is -2.16. The van der Waals surface area contributed by atoms with Gasteiger partial charge in [0.1, 0.15) is 0 Å². The van der Waals surface area contributed by atoms with E-state index in [4.69, 9.17) is 35.4 Å². The van der Waals surface area contributed by atoms with Crippen LogP contribution in [0.1, 0.15) is 18.1 Å². The van der Waals surface area contributed by atoms with E-state index in [0.29, 0.717) is 20.6 Å². The van der Waals surface area contributed by atoms with Gasteiger partial charge in [-0.25, -0.2) is 10.2 Å². The maximum Gasteiger partial charge on any atom is 0.338 e. The van der Waals surface area contributed by atoms with Crippen LogP contribution < -0.4 is 10.7 Å². The lowest BCUT2D eigenvalue weighted by Crippen LogP contribution is -2.46. The van der Waals surface area contributed by atoms with Crippen LogP contribution in [0.3, 0.4) is 0 Å². The first-order valence-electron chi connectivity index (χ1n) is 8.27. The Balaban J connectivity index is 1.68. The van der Waals surface area contributed by atoms with Crippen molar-refractivity contribution in [3.63, 3.8) is 0 Å². The zero-order valence-corrected chi connectivity index (χ0v) is 17.8. The lowest BCUT2D eigenvalue weighted by atomic mass is 10.1. The number of thiocarbonyl (C=S) groups is 1. The molecule has 3 amide bonds. The summed E-state index contributed by atoms with van der Waals surface area (Å²) in [5.41, 5.74) is 4.98. The Labute approximate surface area is 182 Å². The highest BCUT2D eigenvalue weighted by molar-refractivity contribution is 8.26. The average Bonchev–Trinajstić information content (AvgIpc) is 2.93. The van der Waals surface area contributed by atoms with Crippen molar-refractivity contribution in [1.29, 1.82) is 0 Å². The quantitative estimate of drug-likeness (QED) is 0.476. The molecule has 0 bridgehead atoms. The fraction of sp³-hybridized carbons (Fsp3) is 0.105. The van der Waals surface area contributed by atoms with Gasteiger partial charge in [0.2, 0.25) is 0 Å². The van der Waals surface area contributed by atoms with Gasteiger partial charge in [0.25, 0.3) is 5.91 Å². The van der Waals surface area contributed by atoms with Crippen molar-refractivity contribution in [3.8, 4) is 0 Å². The third kappa shape index (κ3) is 4.86. The second-order valence-electron chi connectivity index (χ2n) is 5.81. The SMILES string of the molecule is CCc1ccc(/C=C2\SC(=S)N(NC(=O)Nc3ccc(Cl)c(Cl)c3)C2=O)cc1. The Kier molecular flexibility index (Phi) is 6.61. The zero-order valence-electron chi connectivity index (χ0n) is 14.7. The van der Waals surface area contributed by atoms with Crippen LogP contribution in [0.2, 0.25) is 10.0 Å². The van der Waals surface area contributed by atoms with Crippen LogP contribution in [0.25, 0.3) is 6.08 Å². The number of aryl methyl sites for hydroxylation is 1. The maximum absolute atomic E-state index is 12.6. The monoisotopic (exact) mass is 451 g/mol. The summed E-state index contributed by atoms with van der Waals surface area (Å²) in [5, 5.41) is 4.30. The van der Waals surface area contributed by atoms with Crippen LogP contribution in [0.4, 0.5) is 10.5 Å². The molecule has 0 aliphatic carbocycles. The van der Waals surface area contributed by atoms with Gasteiger partial charge < -0.3 is 5.32 Å². The second-order valence-corrected chi connectivity index (χ2v) is 8.30. The summed E-state index contributed by atoms with van der Waals surface area (Å²) < 4.78 is 0.241. The molecule has 0 saturated carbocycles. The number of carbonyl (C=O) groups is 2. The number of anilines is 1. The number of carbonyl (C=O) groups excluding carboxylic acids is 2. The number of urea groups is 1. The van der Waals surface area contributed by atoms with E-state index in [1.165, 1.54) is 11.6 Å². The van der Waals surface area contributed by atoms with Gasteiger partial charge in [-0.15, -0.1) is 0 Å². The Hall–Kier alpha value is -2.06. The molecule has 1 heterocycles. The molecule has 0 radical (unpaired) electrons. The zero-order chi connectivity index (χ0) is 20.3. The van der Waals surface area contributed by atoms with E-state index in [0.717, 1.165) is 28.8 Å². The summed E-state index contributed by atoms with van der Waals surface area (Å²) in [6.45, 7) is 2.08. The fourth-order valence-corrected chi connectivity index (χ4v) is 3.88. The van der Waals surface area contributed by atoms with Crippen molar-refractivity contribution in [2.24, 2.45) is 0 Å². The van der Waals surface area contributed by atoms with E-state index >= 15 is 0 Å². The fourth-order valence-electron chi connectivity index (χ4n) is 2.40. The van der Waals surface area contributed by atoms with Gasteiger partial charge in [-0.2, -0.15) is 5.01 Å². The summed E-state index contributed by atoms with van der Waals surface area (Å²) in [5.74, 6) is -0.390. The van der Waals surface area contributed by atoms with Gasteiger partial charge in [0, 0.05) is 5.69 Å². The number of benzene rings is 2. The van der Waals surface area contributed by atoms with Crippen molar-refractivity contribution in [2.75, 3.05) is 5.32 Å². The highest BCUT2D eigenvalue weighted by Crippen LogP contribution is 2.31. The molecular weight excluding hydrogens is 437 g/mol. The van der Waals surface area contributed by atoms with Crippen LogP contribution in [-0.4, -0.2) is 21.3 Å². The summed E-state index contributed by atoms with van der Waals surface area (Å²) in [6.07, 6.45) is 2.69. The first-order valence-corrected chi connectivity index (χ1v) is 10.2. The molecule has 144 valence electrons. The number of halogens is 2. The van der Waals surface area contributed by atoms with Gasteiger partial charge in [0.15, 0.2) is 4.32 Å². The average molecular weight is 452 g/mol. The number of amides is 3. The molecule has 5 nitrogen and oxygen atoms in total. The molecule has 9 heteroatoms. The Morgan fingerprint density at radius 1 is 1.18 bits per heavy atom. The molecule has 1 saturated heterocycles. The minimum atomic E-state index is -0.622. The number of hydrogen-bond donors (Lipinski definition) is 2. The van der Waals surface area contributed by atoms with Crippen molar-refractivity contribution in [2.45, 2.75) is 13.3 Å². The summed E-state index contributed by atoms with van der Waals surface area (Å²) in [6, 6.07) is 11.9. The molecular formula is C19H15Cl2N3O2S2. The van der Waals surface area contributed by atoms with E-state index < -0.39 is 6.03 Å². The number of rotatable bonds is 4. The van der Waals surface area contributed by atoms with Crippen molar-refractivity contribution in [1.82, 2.24) is 10.4 Å². The number of nitrogens with zero attached hydrogens (tertiary/aromatic N) is 1. The standard InChI is InChI=1S/C19H15Cl2N3O2S2/c1-2-11-3-5-12(6-4-11)9-16-17(25)24(19(27)28-16)23-18(26)22-13-7-8-14(20)15(21)10-13/h3-10H,2H2,1H3,(H2,22,23,26)/b16-9-. The molecule has 0 spiro atoms. The molecule has 28 heavy (non-hydrogen) atoms. The maximum atomic E-state index is 12.6. The predicted octanol–water partition coefficient (Wildman–Crippen LogP) is 5.49. The van der Waals surface area contributed by atoms with Crippen molar-refractivity contribution < 1.29 is 9.59 Å². The van der Waals surface area contributed by atoms with Crippen LogP contribution in [-0.2, 0) is 11.2 Å². The molecule has 2 aromatic rings. The number of hydrazine groups is 1. The van der Waals surface area contributed by atoms with E-state index in [9.17, 15) is 9.59 Å². The van der Waals surface area contributed by atoms with Gasteiger partial charge in [-0.1, -0.05) is 66.2 Å². The Morgan fingerprint density at radius 3 is 2.54 bits per heavy atom. The summed E-state index contributed by atoms with van der Waals surface area (Å²) >= 11 is 18.1. The molecule has 2 aromatic carbocycles. The number of nitrogens with one attached hydrogen (secondary N) is 2. The van der Waals surface area contributed by atoms with Gasteiger partial charge >= 0.3 is 6.03 Å². The minimum Gasteiger partial charge on any atom is -0.307 e. The predicted molar refractivity (Wildman–Crippen MR) is 119 cm³/mol. The molecule has 1 aliphatic rings. The lowest BCUT2D eigenvalue weighted by molar-refractivity contribution is -0.123. The van der Waals surface area contributed by atoms with Crippen LogP contribution in [0.5, 0.6) is 0 Å². The smallest absolute Gasteiger partial charge is 0.307 e. The highest BCUT2D eigenvalue weighted by Gasteiger charge is 2.33. The van der Waals surface area contributed by atoms with Gasteiger partial charge in [0.05, 0.1) is 15.0 Å². The van der Waals surface area contributed by atoms with Crippen LogP contribution in [0, 0.1) is 0 Å². The largest absolute Gasteiger partial charge is 0.338 e. The molecule has 0 atom stereocenters. The Bertz CT molecular complexity index is 978. The molecule has 3 rings (SSSR count). The minimum absolute atomic E-state index is 0.241. The first-order chi connectivity index (χ1) is 13.4. The van der Waals surface area contributed by atoms with E-state index in [-0.39, 0.29) is 10.2 Å². The second kappa shape index (κ2) is 8.96. The molecule has 1 fully saturated rings. The van der Waals surface area contributed by atoms with Crippen LogP contribution in [0.15, 0.2) is 47.4 Å². The van der Waals surface area contributed by atoms with Crippen molar-refractivity contribution >= 4 is 75.2 Å². The Morgan fingerprint density at radius 2 is 1.89 bits per heavy atom. The molecule has 0 aromatic heterocycles. The first kappa shape index (κ1) is 20.7. The normalized spacial score (nSPS) is 15.2. The van der Waals surface area contributed by atoms with E-state index in [2.05, 4.69) is 17.7 Å². The summed E-state index contributed by atoms with van der Waals surface area (Å²) in [4.78, 5) is 25.2. The van der Waals surface area contributed by atoms with Crippen LogP contribution >= 0.6 is 47.2 Å². The highest BCUT2D eigenvalue weighted by atomic mass is 35.5. The van der Waals surface area contributed by atoms with Crippen molar-refractivity contribution in [3.05, 3.63) is 68.5 Å². The third-order valence-corrected chi connectivity index (χ3v) is 5.91. The van der Waals surface area contributed by atoms with E-state index in [1.807, 2.05) is 24.3 Å². The third-order valence-electron chi connectivity index (χ3n) is 3.87. The molecule has 0 unspecified atom stereocenters. The molecule has 1 aliphatic heterocycles. The molecule has 2 N–H and O–H groups in total. The van der Waals surface area contributed by atoms with Gasteiger partial charge in [-0.3, -0.25) is 4.79 Å².